The van der Waals surface area contributed by atoms with E-state index in [0.29, 0.717) is 6.54 Å². The van der Waals surface area contributed by atoms with E-state index < -0.39 is 0 Å². The monoisotopic (exact) mass is 188 g/mol. The third kappa shape index (κ3) is 1.88. The van der Waals surface area contributed by atoms with Crippen molar-refractivity contribution in [2.24, 2.45) is 0 Å². The Kier molecular flexibility index (Phi) is 2.40. The zero-order chi connectivity index (χ0) is 9.80. The van der Waals surface area contributed by atoms with Crippen molar-refractivity contribution >= 4 is 5.69 Å². The molecule has 1 aromatic heterocycles. The van der Waals surface area contributed by atoms with Gasteiger partial charge < -0.3 is 15.4 Å². The number of anilines is 1. The Hall–Kier alpha value is -1.90. The lowest BCUT2D eigenvalue weighted by Gasteiger charge is -2.06. The highest BCUT2D eigenvalue weighted by molar-refractivity contribution is 5.55. The van der Waals surface area contributed by atoms with Gasteiger partial charge in [0.15, 0.2) is 0 Å². The van der Waals surface area contributed by atoms with Crippen LogP contribution in [-0.4, -0.2) is 10.1 Å². The third-order valence-electron chi connectivity index (χ3n) is 2.04. The van der Waals surface area contributed by atoms with Crippen LogP contribution in [0.15, 0.2) is 42.6 Å². The number of nitrogens with one attached hydrogen (secondary N) is 2. The molecule has 2 rings (SSSR count). The number of aromatic nitrogens is 1. The lowest BCUT2D eigenvalue weighted by atomic mass is 10.3. The van der Waals surface area contributed by atoms with Gasteiger partial charge in [0.05, 0.1) is 12.2 Å². The average molecular weight is 188 g/mol. The van der Waals surface area contributed by atoms with Crippen LogP contribution in [0.2, 0.25) is 0 Å². The fraction of sp³-hybridized carbons (Fsp3) is 0.0909. The van der Waals surface area contributed by atoms with E-state index in [0.717, 1.165) is 11.4 Å². The van der Waals surface area contributed by atoms with Crippen LogP contribution >= 0.6 is 0 Å². The van der Waals surface area contributed by atoms with Crippen LogP contribution < -0.4 is 5.32 Å². The van der Waals surface area contributed by atoms with Crippen LogP contribution in [-0.2, 0) is 6.54 Å². The summed E-state index contributed by atoms with van der Waals surface area (Å²) in [6.45, 7) is 0.685. The average Bonchev–Trinajstić information content (AvgIpc) is 2.69. The van der Waals surface area contributed by atoms with Crippen molar-refractivity contribution in [3.63, 3.8) is 0 Å². The summed E-state index contributed by atoms with van der Waals surface area (Å²) in [5.41, 5.74) is 1.84. The summed E-state index contributed by atoms with van der Waals surface area (Å²) < 4.78 is 0. The maximum absolute atomic E-state index is 9.47. The first-order chi connectivity index (χ1) is 6.86. The largest absolute Gasteiger partial charge is 0.506 e. The van der Waals surface area contributed by atoms with Crippen LogP contribution in [0.25, 0.3) is 0 Å². The summed E-state index contributed by atoms with van der Waals surface area (Å²) in [6, 6.07) is 11.1. The van der Waals surface area contributed by atoms with E-state index in [4.69, 9.17) is 0 Å². The number of H-pyrrole nitrogens is 1. The SMILES string of the molecule is Oc1ccccc1NCc1ccc[nH]1. The molecule has 72 valence electrons. The van der Waals surface area contributed by atoms with Crippen LogP contribution in [0.5, 0.6) is 5.75 Å². The summed E-state index contributed by atoms with van der Waals surface area (Å²) in [7, 11) is 0. The van der Waals surface area contributed by atoms with Crippen molar-refractivity contribution in [2.75, 3.05) is 5.32 Å². The van der Waals surface area contributed by atoms with Gasteiger partial charge in [-0.2, -0.15) is 0 Å². The van der Waals surface area contributed by atoms with Crippen molar-refractivity contribution in [1.29, 1.82) is 0 Å². The van der Waals surface area contributed by atoms with Gasteiger partial charge >= 0.3 is 0 Å². The fourth-order valence-electron chi connectivity index (χ4n) is 1.29. The van der Waals surface area contributed by atoms with E-state index in [1.165, 1.54) is 0 Å². The number of benzene rings is 1. The summed E-state index contributed by atoms with van der Waals surface area (Å²) in [6.07, 6.45) is 1.88. The maximum atomic E-state index is 9.47. The predicted molar refractivity (Wildman–Crippen MR) is 56.2 cm³/mol. The summed E-state index contributed by atoms with van der Waals surface area (Å²) in [4.78, 5) is 3.08. The molecule has 0 aliphatic heterocycles. The van der Waals surface area contributed by atoms with E-state index in [9.17, 15) is 5.11 Å². The van der Waals surface area contributed by atoms with Crippen molar-refractivity contribution in [1.82, 2.24) is 4.98 Å². The number of para-hydroxylation sites is 2. The van der Waals surface area contributed by atoms with Gasteiger partial charge in [0.2, 0.25) is 0 Å². The molecule has 1 aromatic carbocycles. The van der Waals surface area contributed by atoms with Crippen molar-refractivity contribution in [3.05, 3.63) is 48.3 Å². The van der Waals surface area contributed by atoms with Crippen LogP contribution in [0.3, 0.4) is 0 Å². The smallest absolute Gasteiger partial charge is 0.138 e. The van der Waals surface area contributed by atoms with Gasteiger partial charge in [-0.3, -0.25) is 0 Å². The van der Waals surface area contributed by atoms with E-state index >= 15 is 0 Å². The second-order valence-corrected chi connectivity index (χ2v) is 3.07. The minimum absolute atomic E-state index is 0.277. The highest BCUT2D eigenvalue weighted by atomic mass is 16.3. The first-order valence-electron chi connectivity index (χ1n) is 4.50. The maximum Gasteiger partial charge on any atom is 0.138 e. The Bertz CT molecular complexity index is 395. The Morgan fingerprint density at radius 3 is 2.71 bits per heavy atom. The Morgan fingerprint density at radius 2 is 2.00 bits per heavy atom. The molecule has 3 heteroatoms. The molecule has 3 nitrogen and oxygen atoms in total. The summed E-state index contributed by atoms with van der Waals surface area (Å²) in [5, 5.41) is 12.6. The molecule has 0 spiro atoms. The molecule has 14 heavy (non-hydrogen) atoms. The Labute approximate surface area is 82.4 Å². The van der Waals surface area contributed by atoms with E-state index in [1.54, 1.807) is 12.1 Å². The fourth-order valence-corrected chi connectivity index (χ4v) is 1.29. The highest BCUT2D eigenvalue weighted by Crippen LogP contribution is 2.21. The van der Waals surface area contributed by atoms with Crippen molar-refractivity contribution in [2.45, 2.75) is 6.54 Å². The van der Waals surface area contributed by atoms with Crippen LogP contribution in [0.1, 0.15) is 5.69 Å². The van der Waals surface area contributed by atoms with Gasteiger partial charge in [-0.15, -0.1) is 0 Å². The van der Waals surface area contributed by atoms with Crippen LogP contribution in [0, 0.1) is 0 Å². The molecular weight excluding hydrogens is 176 g/mol. The molecule has 0 amide bonds. The van der Waals surface area contributed by atoms with Gasteiger partial charge in [0.25, 0.3) is 0 Å². The molecule has 0 bridgehead atoms. The zero-order valence-corrected chi connectivity index (χ0v) is 7.70. The Morgan fingerprint density at radius 1 is 1.14 bits per heavy atom. The molecule has 0 atom stereocenters. The number of hydrogen-bond donors (Lipinski definition) is 3. The highest BCUT2D eigenvalue weighted by Gasteiger charge is 1.98. The standard InChI is InChI=1S/C11H12N2O/c14-11-6-2-1-5-10(11)13-8-9-4-3-7-12-9/h1-7,12-14H,8H2. The van der Waals surface area contributed by atoms with Crippen molar-refractivity contribution < 1.29 is 5.11 Å². The number of aromatic hydroxyl groups is 1. The molecule has 1 heterocycles. The molecular formula is C11H12N2O. The molecule has 0 aliphatic rings. The molecule has 0 radical (unpaired) electrons. The normalized spacial score (nSPS) is 10.0. The predicted octanol–water partition coefficient (Wildman–Crippen LogP) is 2.33. The van der Waals surface area contributed by atoms with Crippen LogP contribution in [0.4, 0.5) is 5.69 Å². The third-order valence-corrected chi connectivity index (χ3v) is 2.04. The topological polar surface area (TPSA) is 48.0 Å². The van der Waals surface area contributed by atoms with E-state index in [2.05, 4.69) is 10.3 Å². The number of phenolic OH excluding ortho intramolecular Hbond substituents is 1. The van der Waals surface area contributed by atoms with Crippen molar-refractivity contribution in [3.8, 4) is 5.75 Å². The number of aromatic amines is 1. The molecule has 3 N–H and O–H groups in total. The molecule has 2 aromatic rings. The molecule has 0 saturated carbocycles. The quantitative estimate of drug-likeness (QED) is 0.647. The van der Waals surface area contributed by atoms with Gasteiger partial charge in [-0.25, -0.2) is 0 Å². The summed E-state index contributed by atoms with van der Waals surface area (Å²) in [5.74, 6) is 0.277. The lowest BCUT2D eigenvalue weighted by Crippen LogP contribution is -1.99. The number of hydrogen-bond acceptors (Lipinski definition) is 2. The minimum Gasteiger partial charge on any atom is -0.506 e. The minimum atomic E-state index is 0.277. The van der Waals surface area contributed by atoms with Gasteiger partial charge in [0, 0.05) is 11.9 Å². The zero-order valence-electron chi connectivity index (χ0n) is 7.70. The van der Waals surface area contributed by atoms with Gasteiger partial charge in [-0.05, 0) is 24.3 Å². The second kappa shape index (κ2) is 3.87. The van der Waals surface area contributed by atoms with Gasteiger partial charge in [0.1, 0.15) is 5.75 Å². The molecule has 0 aliphatic carbocycles. The van der Waals surface area contributed by atoms with Gasteiger partial charge in [-0.1, -0.05) is 12.1 Å². The number of rotatable bonds is 3. The molecule has 0 unspecified atom stereocenters. The first kappa shape index (κ1) is 8.69. The van der Waals surface area contributed by atoms with E-state index in [-0.39, 0.29) is 5.75 Å². The first-order valence-corrected chi connectivity index (χ1v) is 4.50. The van der Waals surface area contributed by atoms with E-state index in [1.807, 2.05) is 30.5 Å². The molecule has 0 fully saturated rings. The molecule has 0 saturated heterocycles. The Balaban J connectivity index is 2.02. The lowest BCUT2D eigenvalue weighted by molar-refractivity contribution is 0.477. The second-order valence-electron chi connectivity index (χ2n) is 3.07. The summed E-state index contributed by atoms with van der Waals surface area (Å²) >= 11 is 0. The number of phenols is 1.